The average molecular weight is 281 g/mol. The van der Waals surface area contributed by atoms with E-state index < -0.39 is 0 Å². The zero-order chi connectivity index (χ0) is 14.8. The average Bonchev–Trinajstić information content (AvgIpc) is 3.33. The molecule has 2 aromatic rings. The number of carbonyl (C=O) groups excluding carboxylic acids is 1. The molecule has 1 saturated carbocycles. The van der Waals surface area contributed by atoms with Crippen molar-refractivity contribution in [3.8, 4) is 0 Å². The Balaban J connectivity index is 1.88. The third-order valence-corrected chi connectivity index (χ3v) is 3.66. The molecular formula is C17H19N3O. The summed E-state index contributed by atoms with van der Waals surface area (Å²) in [5, 5.41) is 0. The van der Waals surface area contributed by atoms with Gasteiger partial charge in [-0.3, -0.25) is 9.69 Å². The number of carbonyl (C=O) groups is 1. The first kappa shape index (κ1) is 13.6. The summed E-state index contributed by atoms with van der Waals surface area (Å²) in [5.74, 6) is 0.767. The van der Waals surface area contributed by atoms with Crippen LogP contribution in [-0.2, 0) is 0 Å². The predicted molar refractivity (Wildman–Crippen MR) is 84.8 cm³/mol. The molecule has 0 saturated heterocycles. The molecule has 4 heteroatoms. The molecule has 0 spiro atoms. The van der Waals surface area contributed by atoms with E-state index in [1.165, 1.54) is 0 Å². The fourth-order valence-corrected chi connectivity index (χ4v) is 2.33. The van der Waals surface area contributed by atoms with Gasteiger partial charge >= 0.3 is 0 Å². The van der Waals surface area contributed by atoms with Gasteiger partial charge in [-0.15, -0.1) is 0 Å². The van der Waals surface area contributed by atoms with Crippen molar-refractivity contribution in [2.24, 2.45) is 0 Å². The Bertz CT molecular complexity index is 618. The highest BCUT2D eigenvalue weighted by Gasteiger charge is 2.34. The van der Waals surface area contributed by atoms with Gasteiger partial charge in [0.25, 0.3) is 5.91 Å². The Hall–Kier alpha value is -2.36. The number of pyridine rings is 1. The largest absolute Gasteiger partial charge is 0.378 e. The van der Waals surface area contributed by atoms with E-state index in [-0.39, 0.29) is 5.91 Å². The standard InChI is InChI=1S/C17H19N3O/c1-19(2)14-8-6-13(7-9-14)17(21)20(15-10-11-15)16-5-3-4-12-18-16/h3-9,12,15H,10-11H2,1-2H3. The molecule has 0 bridgehead atoms. The lowest BCUT2D eigenvalue weighted by molar-refractivity contribution is 0.0984. The molecule has 0 aliphatic heterocycles. The quantitative estimate of drug-likeness (QED) is 0.864. The summed E-state index contributed by atoms with van der Waals surface area (Å²) in [6.07, 6.45) is 3.84. The number of amides is 1. The lowest BCUT2D eigenvalue weighted by Crippen LogP contribution is -2.33. The molecule has 1 aromatic carbocycles. The summed E-state index contributed by atoms with van der Waals surface area (Å²) < 4.78 is 0. The summed E-state index contributed by atoms with van der Waals surface area (Å²) in [5.41, 5.74) is 1.79. The van der Waals surface area contributed by atoms with Crippen molar-refractivity contribution in [2.75, 3.05) is 23.9 Å². The highest BCUT2D eigenvalue weighted by molar-refractivity contribution is 6.06. The van der Waals surface area contributed by atoms with E-state index in [0.717, 1.165) is 24.3 Å². The third kappa shape index (κ3) is 2.89. The van der Waals surface area contributed by atoms with Crippen LogP contribution in [0.3, 0.4) is 0 Å². The van der Waals surface area contributed by atoms with Crippen LogP contribution in [0.4, 0.5) is 11.5 Å². The van der Waals surface area contributed by atoms with E-state index in [1.54, 1.807) is 6.20 Å². The maximum Gasteiger partial charge on any atom is 0.259 e. The van der Waals surface area contributed by atoms with Crippen LogP contribution in [-0.4, -0.2) is 31.0 Å². The number of hydrogen-bond acceptors (Lipinski definition) is 3. The van der Waals surface area contributed by atoms with E-state index in [9.17, 15) is 4.79 Å². The first-order valence-corrected chi connectivity index (χ1v) is 7.19. The second-order valence-corrected chi connectivity index (χ2v) is 5.54. The topological polar surface area (TPSA) is 36.4 Å². The number of benzene rings is 1. The smallest absolute Gasteiger partial charge is 0.259 e. The Morgan fingerprint density at radius 3 is 2.33 bits per heavy atom. The van der Waals surface area contributed by atoms with Crippen LogP contribution in [0.25, 0.3) is 0 Å². The van der Waals surface area contributed by atoms with Gasteiger partial charge in [0.2, 0.25) is 0 Å². The van der Waals surface area contributed by atoms with Gasteiger partial charge in [-0.25, -0.2) is 4.98 Å². The Morgan fingerprint density at radius 2 is 1.81 bits per heavy atom. The predicted octanol–water partition coefficient (Wildman–Crippen LogP) is 2.96. The lowest BCUT2D eigenvalue weighted by Gasteiger charge is -2.22. The highest BCUT2D eigenvalue weighted by atomic mass is 16.2. The van der Waals surface area contributed by atoms with Crippen LogP contribution in [0.15, 0.2) is 48.7 Å². The third-order valence-electron chi connectivity index (χ3n) is 3.66. The SMILES string of the molecule is CN(C)c1ccc(C(=O)N(c2ccccn2)C2CC2)cc1. The number of anilines is 2. The van der Waals surface area contributed by atoms with Crippen LogP contribution in [0.2, 0.25) is 0 Å². The van der Waals surface area contributed by atoms with Crippen molar-refractivity contribution in [3.05, 3.63) is 54.2 Å². The molecule has 3 rings (SSSR count). The van der Waals surface area contributed by atoms with E-state index >= 15 is 0 Å². The van der Waals surface area contributed by atoms with Gasteiger partial charge in [0, 0.05) is 37.6 Å². The molecule has 1 aliphatic rings. The maximum atomic E-state index is 12.8. The minimum atomic E-state index is 0.0292. The summed E-state index contributed by atoms with van der Waals surface area (Å²) >= 11 is 0. The molecule has 108 valence electrons. The number of rotatable bonds is 4. The monoisotopic (exact) mass is 281 g/mol. The van der Waals surface area contributed by atoms with Crippen molar-refractivity contribution in [3.63, 3.8) is 0 Å². The molecule has 21 heavy (non-hydrogen) atoms. The molecular weight excluding hydrogens is 262 g/mol. The fourth-order valence-electron chi connectivity index (χ4n) is 2.33. The van der Waals surface area contributed by atoms with Gasteiger partial charge in [0.1, 0.15) is 5.82 Å². The number of nitrogens with zero attached hydrogens (tertiary/aromatic N) is 3. The van der Waals surface area contributed by atoms with Crippen molar-refractivity contribution < 1.29 is 4.79 Å². The number of hydrogen-bond donors (Lipinski definition) is 0. The zero-order valence-corrected chi connectivity index (χ0v) is 12.4. The van der Waals surface area contributed by atoms with Crippen molar-refractivity contribution in [1.82, 2.24) is 4.98 Å². The van der Waals surface area contributed by atoms with Crippen LogP contribution >= 0.6 is 0 Å². The van der Waals surface area contributed by atoms with Crippen molar-refractivity contribution in [1.29, 1.82) is 0 Å². The first-order valence-electron chi connectivity index (χ1n) is 7.19. The Morgan fingerprint density at radius 1 is 1.10 bits per heavy atom. The second-order valence-electron chi connectivity index (χ2n) is 5.54. The van der Waals surface area contributed by atoms with Gasteiger partial charge < -0.3 is 4.90 Å². The van der Waals surface area contributed by atoms with E-state index in [4.69, 9.17) is 0 Å². The molecule has 0 atom stereocenters. The van der Waals surface area contributed by atoms with Crippen LogP contribution in [0.1, 0.15) is 23.2 Å². The lowest BCUT2D eigenvalue weighted by atomic mass is 10.1. The van der Waals surface area contributed by atoms with Gasteiger partial charge in [-0.1, -0.05) is 6.07 Å². The highest BCUT2D eigenvalue weighted by Crippen LogP contribution is 2.32. The van der Waals surface area contributed by atoms with Crippen molar-refractivity contribution >= 4 is 17.4 Å². The second kappa shape index (κ2) is 5.56. The minimum Gasteiger partial charge on any atom is -0.378 e. The number of aromatic nitrogens is 1. The van der Waals surface area contributed by atoms with E-state index in [0.29, 0.717) is 11.6 Å². The molecule has 1 amide bonds. The summed E-state index contributed by atoms with van der Waals surface area (Å²) in [6.45, 7) is 0. The maximum absolute atomic E-state index is 12.8. The van der Waals surface area contributed by atoms with E-state index in [2.05, 4.69) is 4.98 Å². The van der Waals surface area contributed by atoms with Gasteiger partial charge in [0.15, 0.2) is 0 Å². The van der Waals surface area contributed by atoms with Crippen LogP contribution in [0, 0.1) is 0 Å². The van der Waals surface area contributed by atoms with Gasteiger partial charge in [-0.05, 0) is 49.2 Å². The fraction of sp³-hybridized carbons (Fsp3) is 0.294. The summed E-state index contributed by atoms with van der Waals surface area (Å²) in [4.78, 5) is 21.0. The summed E-state index contributed by atoms with van der Waals surface area (Å²) in [7, 11) is 3.97. The molecule has 1 fully saturated rings. The normalized spacial score (nSPS) is 13.8. The molecule has 0 radical (unpaired) electrons. The molecule has 1 aliphatic carbocycles. The summed E-state index contributed by atoms with van der Waals surface area (Å²) in [6, 6.07) is 13.7. The first-order chi connectivity index (χ1) is 10.2. The van der Waals surface area contributed by atoms with Crippen molar-refractivity contribution in [2.45, 2.75) is 18.9 Å². The van der Waals surface area contributed by atoms with Gasteiger partial charge in [0.05, 0.1) is 0 Å². The molecule has 4 nitrogen and oxygen atoms in total. The molecule has 1 aromatic heterocycles. The van der Waals surface area contributed by atoms with Crippen LogP contribution < -0.4 is 9.80 Å². The molecule has 0 N–H and O–H groups in total. The van der Waals surface area contributed by atoms with Gasteiger partial charge in [-0.2, -0.15) is 0 Å². The molecule has 0 unspecified atom stereocenters. The zero-order valence-electron chi connectivity index (χ0n) is 12.4. The minimum absolute atomic E-state index is 0.0292. The van der Waals surface area contributed by atoms with Crippen LogP contribution in [0.5, 0.6) is 0 Å². The van der Waals surface area contributed by atoms with E-state index in [1.807, 2.05) is 66.4 Å². The molecule has 1 heterocycles. The Labute approximate surface area is 125 Å². The Kier molecular flexibility index (Phi) is 3.60.